The van der Waals surface area contributed by atoms with E-state index in [0.29, 0.717) is 0 Å². The predicted octanol–water partition coefficient (Wildman–Crippen LogP) is 6.18. The molecule has 3 heteroatoms. The molecule has 0 unspecified atom stereocenters. The number of nitrogens with zero attached hydrogens (tertiary/aromatic N) is 3. The topological polar surface area (TPSA) is 30.2 Å². The summed E-state index contributed by atoms with van der Waals surface area (Å²) in [6.45, 7) is 0. The molecule has 31 heavy (non-hydrogen) atoms. The molecule has 0 radical (unpaired) electrons. The van der Waals surface area contributed by atoms with Crippen LogP contribution in [0.15, 0.2) is 79.3 Å². The molecule has 0 amide bonds. The molecule has 0 bridgehead atoms. The van der Waals surface area contributed by atoms with Crippen LogP contribution in [0.3, 0.4) is 0 Å². The maximum absolute atomic E-state index is 4.76. The molecule has 0 aliphatic heterocycles. The normalized spacial score (nSPS) is 13.5. The highest BCUT2D eigenvalue weighted by atomic mass is 15.0. The minimum atomic E-state index is 0.991. The Morgan fingerprint density at radius 3 is 2.42 bits per heavy atom. The molecule has 3 aromatic carbocycles. The van der Waals surface area contributed by atoms with E-state index in [1.165, 1.54) is 55.3 Å². The minimum Gasteiger partial charge on any atom is -0.298 e. The van der Waals surface area contributed by atoms with E-state index in [4.69, 9.17) is 9.97 Å². The van der Waals surface area contributed by atoms with Crippen molar-refractivity contribution in [3.63, 3.8) is 0 Å². The van der Waals surface area contributed by atoms with Crippen molar-refractivity contribution in [3.8, 4) is 22.3 Å². The van der Waals surface area contributed by atoms with E-state index in [0.717, 1.165) is 29.5 Å². The summed E-state index contributed by atoms with van der Waals surface area (Å²) in [4.78, 5) is 9.45. The van der Waals surface area contributed by atoms with Crippen LogP contribution in [0.5, 0.6) is 0 Å². The Balaban J connectivity index is 1.44. The molecular formula is C28H17N3. The molecule has 0 spiro atoms. The zero-order valence-electron chi connectivity index (χ0n) is 16.8. The third kappa shape index (κ3) is 1.89. The maximum Gasteiger partial charge on any atom is 0.145 e. The maximum atomic E-state index is 4.76. The molecule has 3 aromatic heterocycles. The average Bonchev–Trinajstić information content (AvgIpc) is 3.53. The lowest BCUT2D eigenvalue weighted by Gasteiger charge is -2.10. The van der Waals surface area contributed by atoms with Gasteiger partial charge in [-0.15, -0.1) is 0 Å². The van der Waals surface area contributed by atoms with Gasteiger partial charge in [0.2, 0.25) is 0 Å². The average molecular weight is 395 g/mol. The molecule has 0 saturated carbocycles. The standard InChI is InChI=1S/C28H17N3/c1-2-5-18-16(4-1)12-22-19(18)7-8-20-21-15-24-25(14-17(21)13-23(20)22)28-30-10-11-31(28)26-6-3-9-29-27(24)26/h1-11,14-15H,12-13H2. The van der Waals surface area contributed by atoms with Gasteiger partial charge in [0.05, 0.1) is 11.0 Å². The van der Waals surface area contributed by atoms with Crippen LogP contribution < -0.4 is 0 Å². The van der Waals surface area contributed by atoms with Gasteiger partial charge in [0.25, 0.3) is 0 Å². The first-order chi connectivity index (χ1) is 15.4. The van der Waals surface area contributed by atoms with Crippen LogP contribution >= 0.6 is 0 Å². The van der Waals surface area contributed by atoms with Gasteiger partial charge >= 0.3 is 0 Å². The van der Waals surface area contributed by atoms with Crippen molar-refractivity contribution in [1.29, 1.82) is 0 Å². The van der Waals surface area contributed by atoms with E-state index < -0.39 is 0 Å². The Morgan fingerprint density at radius 1 is 0.645 bits per heavy atom. The SMILES string of the molecule is c1ccc2c(c1)Cc1c-2ccc2c1Cc1cc3c(cc1-2)c1ncccc1n1ccnc31. The Morgan fingerprint density at radius 2 is 1.48 bits per heavy atom. The van der Waals surface area contributed by atoms with E-state index in [9.17, 15) is 0 Å². The Labute approximate surface area is 178 Å². The van der Waals surface area contributed by atoms with Gasteiger partial charge in [0.15, 0.2) is 0 Å². The van der Waals surface area contributed by atoms with E-state index >= 15 is 0 Å². The Bertz CT molecular complexity index is 1740. The summed E-state index contributed by atoms with van der Waals surface area (Å²) >= 11 is 0. The third-order valence-corrected chi connectivity index (χ3v) is 7.19. The first kappa shape index (κ1) is 15.8. The largest absolute Gasteiger partial charge is 0.298 e. The lowest BCUT2D eigenvalue weighted by atomic mass is 9.96. The van der Waals surface area contributed by atoms with E-state index in [-0.39, 0.29) is 0 Å². The van der Waals surface area contributed by atoms with Gasteiger partial charge < -0.3 is 0 Å². The minimum absolute atomic E-state index is 0.991. The monoisotopic (exact) mass is 395 g/mol. The fourth-order valence-electron chi connectivity index (χ4n) is 5.84. The summed E-state index contributed by atoms with van der Waals surface area (Å²) in [5.74, 6) is 0. The number of hydrogen-bond acceptors (Lipinski definition) is 2. The van der Waals surface area contributed by atoms with Crippen LogP contribution in [0.25, 0.3) is 49.7 Å². The summed E-state index contributed by atoms with van der Waals surface area (Å²) in [5.41, 5.74) is 14.5. The van der Waals surface area contributed by atoms with Gasteiger partial charge in [-0.25, -0.2) is 4.98 Å². The van der Waals surface area contributed by atoms with Crippen molar-refractivity contribution in [2.24, 2.45) is 0 Å². The second kappa shape index (κ2) is 5.38. The molecular weight excluding hydrogens is 378 g/mol. The third-order valence-electron chi connectivity index (χ3n) is 7.19. The van der Waals surface area contributed by atoms with Crippen LogP contribution in [-0.2, 0) is 12.8 Å². The first-order valence-electron chi connectivity index (χ1n) is 10.8. The number of aromatic nitrogens is 3. The zero-order valence-corrected chi connectivity index (χ0v) is 16.8. The van der Waals surface area contributed by atoms with Crippen molar-refractivity contribution in [1.82, 2.24) is 14.4 Å². The van der Waals surface area contributed by atoms with E-state index in [1.54, 1.807) is 0 Å². The quantitative estimate of drug-likeness (QED) is 0.287. The highest BCUT2D eigenvalue weighted by Gasteiger charge is 2.28. The number of hydrogen-bond donors (Lipinski definition) is 0. The number of imidazole rings is 1. The van der Waals surface area contributed by atoms with Gasteiger partial charge in [-0.3, -0.25) is 9.38 Å². The van der Waals surface area contributed by atoms with E-state index in [1.807, 2.05) is 24.7 Å². The zero-order chi connectivity index (χ0) is 20.1. The highest BCUT2D eigenvalue weighted by Crippen LogP contribution is 2.47. The predicted molar refractivity (Wildman–Crippen MR) is 124 cm³/mol. The lowest BCUT2D eigenvalue weighted by Crippen LogP contribution is -1.93. The van der Waals surface area contributed by atoms with Gasteiger partial charge in [0.1, 0.15) is 5.65 Å². The summed E-state index contributed by atoms with van der Waals surface area (Å²) in [6, 6.07) is 22.3. The van der Waals surface area contributed by atoms with Gasteiger partial charge in [0, 0.05) is 29.4 Å². The molecule has 0 saturated heterocycles. The summed E-state index contributed by atoms with van der Waals surface area (Å²) in [7, 11) is 0. The summed E-state index contributed by atoms with van der Waals surface area (Å²) in [5, 5.41) is 2.37. The molecule has 2 aliphatic carbocycles. The fourth-order valence-corrected chi connectivity index (χ4v) is 5.84. The second-order valence-corrected chi connectivity index (χ2v) is 8.68. The van der Waals surface area contributed by atoms with E-state index in [2.05, 4.69) is 59.0 Å². The number of rotatable bonds is 0. The molecule has 3 nitrogen and oxygen atoms in total. The molecule has 0 atom stereocenters. The van der Waals surface area contributed by atoms with Crippen LogP contribution in [-0.4, -0.2) is 14.4 Å². The lowest BCUT2D eigenvalue weighted by molar-refractivity contribution is 1.16. The second-order valence-electron chi connectivity index (χ2n) is 8.68. The van der Waals surface area contributed by atoms with Gasteiger partial charge in [-0.05, 0) is 81.6 Å². The van der Waals surface area contributed by atoms with Crippen LogP contribution in [0.1, 0.15) is 22.3 Å². The van der Waals surface area contributed by atoms with Crippen molar-refractivity contribution < 1.29 is 0 Å². The first-order valence-corrected chi connectivity index (χ1v) is 10.8. The van der Waals surface area contributed by atoms with Crippen molar-refractivity contribution in [3.05, 3.63) is 102 Å². The summed E-state index contributed by atoms with van der Waals surface area (Å²) in [6.07, 6.45) is 7.83. The van der Waals surface area contributed by atoms with Gasteiger partial charge in [-0.1, -0.05) is 36.4 Å². The van der Waals surface area contributed by atoms with Crippen molar-refractivity contribution >= 4 is 27.5 Å². The van der Waals surface area contributed by atoms with Crippen LogP contribution in [0.2, 0.25) is 0 Å². The van der Waals surface area contributed by atoms with Gasteiger partial charge in [-0.2, -0.15) is 0 Å². The fraction of sp³-hybridized carbons (Fsp3) is 0.0714. The number of fused-ring (bicyclic) bond motifs is 13. The Hall–Kier alpha value is -3.98. The van der Waals surface area contributed by atoms with Crippen molar-refractivity contribution in [2.75, 3.05) is 0 Å². The molecule has 0 fully saturated rings. The Kier molecular flexibility index (Phi) is 2.74. The highest BCUT2D eigenvalue weighted by molar-refractivity contribution is 6.12. The molecule has 8 rings (SSSR count). The number of benzene rings is 3. The molecule has 144 valence electrons. The molecule has 0 N–H and O–H groups in total. The molecule has 2 aliphatic rings. The molecule has 3 heterocycles. The number of pyridine rings is 2. The van der Waals surface area contributed by atoms with Crippen LogP contribution in [0.4, 0.5) is 0 Å². The molecule has 6 aromatic rings. The van der Waals surface area contributed by atoms with Crippen molar-refractivity contribution in [2.45, 2.75) is 12.8 Å². The summed E-state index contributed by atoms with van der Waals surface area (Å²) < 4.78 is 2.16. The smallest absolute Gasteiger partial charge is 0.145 e. The van der Waals surface area contributed by atoms with Crippen LogP contribution in [0, 0.1) is 0 Å².